The molecule has 0 fully saturated rings. The maximum atomic E-state index is 11.1. The first-order valence-corrected chi connectivity index (χ1v) is 13.8. The molecule has 2 aromatic heterocycles. The Balaban J connectivity index is 1.22. The molecule has 0 amide bonds. The number of hydrogen-bond donors (Lipinski definition) is 0. The molecule has 0 aliphatic heterocycles. The SMILES string of the molecule is COC(=O)CCCCCCCCc1ccc(OCCN(C)c2nc(-c3cccnc3)nc3ccccc23)cc1. The zero-order chi connectivity index (χ0) is 27.3. The van der Waals surface area contributed by atoms with Gasteiger partial charge in [-0.05, 0) is 61.2 Å². The summed E-state index contributed by atoms with van der Waals surface area (Å²) in [6.45, 7) is 1.24. The fourth-order valence-electron chi connectivity index (χ4n) is 4.54. The van der Waals surface area contributed by atoms with Gasteiger partial charge in [-0.2, -0.15) is 0 Å². The molecule has 2 aromatic carbocycles. The van der Waals surface area contributed by atoms with Crippen LogP contribution in [0.15, 0.2) is 73.1 Å². The van der Waals surface area contributed by atoms with Crippen molar-refractivity contribution < 1.29 is 14.3 Å². The Hall–Kier alpha value is -4.00. The van der Waals surface area contributed by atoms with Crippen molar-refractivity contribution in [1.82, 2.24) is 15.0 Å². The van der Waals surface area contributed by atoms with E-state index in [9.17, 15) is 4.79 Å². The lowest BCUT2D eigenvalue weighted by atomic mass is 10.0. The fourth-order valence-corrected chi connectivity index (χ4v) is 4.54. The van der Waals surface area contributed by atoms with Gasteiger partial charge in [0, 0.05) is 36.8 Å². The highest BCUT2D eigenvalue weighted by Gasteiger charge is 2.13. The quantitative estimate of drug-likeness (QED) is 0.127. The van der Waals surface area contributed by atoms with Gasteiger partial charge < -0.3 is 14.4 Å². The molecule has 2 heterocycles. The van der Waals surface area contributed by atoms with E-state index in [-0.39, 0.29) is 5.97 Å². The van der Waals surface area contributed by atoms with E-state index in [0.29, 0.717) is 25.4 Å². The Bertz CT molecular complexity index is 1310. The van der Waals surface area contributed by atoms with Crippen LogP contribution >= 0.6 is 0 Å². The first kappa shape index (κ1) is 28.0. The summed E-state index contributed by atoms with van der Waals surface area (Å²) in [6, 6.07) is 20.4. The summed E-state index contributed by atoms with van der Waals surface area (Å²) < 4.78 is 10.7. The number of hydrogen-bond acceptors (Lipinski definition) is 7. The molecule has 204 valence electrons. The maximum absolute atomic E-state index is 11.1. The van der Waals surface area contributed by atoms with E-state index in [1.807, 2.05) is 37.4 Å². The number of anilines is 1. The van der Waals surface area contributed by atoms with Gasteiger partial charge in [0.05, 0.1) is 19.2 Å². The minimum absolute atomic E-state index is 0.107. The van der Waals surface area contributed by atoms with Crippen LogP contribution in [0.1, 0.15) is 50.5 Å². The Kier molecular flexibility index (Phi) is 10.6. The number of ether oxygens (including phenoxy) is 2. The molecule has 4 rings (SSSR count). The number of carbonyl (C=O) groups excluding carboxylic acids is 1. The molecule has 0 saturated heterocycles. The minimum Gasteiger partial charge on any atom is -0.492 e. The van der Waals surface area contributed by atoms with Crippen LogP contribution in [0.2, 0.25) is 0 Å². The van der Waals surface area contributed by atoms with Crippen LogP contribution in [0, 0.1) is 0 Å². The summed E-state index contributed by atoms with van der Waals surface area (Å²) >= 11 is 0. The van der Waals surface area contributed by atoms with Crippen LogP contribution in [0.4, 0.5) is 5.82 Å². The van der Waals surface area contributed by atoms with E-state index in [1.54, 1.807) is 12.4 Å². The van der Waals surface area contributed by atoms with Crippen molar-refractivity contribution in [2.45, 2.75) is 51.4 Å². The third-order valence-corrected chi connectivity index (χ3v) is 6.81. The number of pyridine rings is 1. The molecule has 7 nitrogen and oxygen atoms in total. The first-order valence-electron chi connectivity index (χ1n) is 13.8. The summed E-state index contributed by atoms with van der Waals surface area (Å²) in [5, 5.41) is 1.01. The molecule has 0 aliphatic carbocycles. The normalized spacial score (nSPS) is 10.9. The van der Waals surface area contributed by atoms with E-state index in [1.165, 1.54) is 38.4 Å². The van der Waals surface area contributed by atoms with E-state index in [2.05, 4.69) is 45.0 Å². The van der Waals surface area contributed by atoms with Crippen molar-refractivity contribution in [1.29, 1.82) is 0 Å². The van der Waals surface area contributed by atoms with Gasteiger partial charge in [0.1, 0.15) is 18.2 Å². The predicted octanol–water partition coefficient (Wildman–Crippen LogP) is 6.65. The maximum Gasteiger partial charge on any atom is 0.305 e. The van der Waals surface area contributed by atoms with Crippen molar-refractivity contribution >= 4 is 22.7 Å². The third-order valence-electron chi connectivity index (χ3n) is 6.81. The van der Waals surface area contributed by atoms with Crippen LogP contribution in [-0.2, 0) is 16.0 Å². The monoisotopic (exact) mass is 526 g/mol. The number of methoxy groups -OCH3 is 1. The Morgan fingerprint density at radius 2 is 1.64 bits per heavy atom. The molecule has 0 spiro atoms. The van der Waals surface area contributed by atoms with Gasteiger partial charge >= 0.3 is 5.97 Å². The number of carbonyl (C=O) groups is 1. The molecule has 7 heteroatoms. The number of benzene rings is 2. The predicted molar refractivity (Wildman–Crippen MR) is 156 cm³/mol. The van der Waals surface area contributed by atoms with Crippen molar-refractivity contribution in [2.75, 3.05) is 32.2 Å². The number of likely N-dealkylation sites (N-methyl/N-ethyl adjacent to an activating group) is 1. The summed E-state index contributed by atoms with van der Waals surface area (Å²) in [5.74, 6) is 2.31. The summed E-state index contributed by atoms with van der Waals surface area (Å²) in [6.07, 6.45) is 11.9. The smallest absolute Gasteiger partial charge is 0.305 e. The average molecular weight is 527 g/mol. The van der Waals surface area contributed by atoms with Gasteiger partial charge in [-0.15, -0.1) is 0 Å². The number of esters is 1. The molecule has 0 unspecified atom stereocenters. The summed E-state index contributed by atoms with van der Waals surface area (Å²) in [7, 11) is 3.48. The summed E-state index contributed by atoms with van der Waals surface area (Å²) in [4.78, 5) is 27.1. The van der Waals surface area contributed by atoms with E-state index in [0.717, 1.165) is 47.3 Å². The number of unbranched alkanes of at least 4 members (excludes halogenated alkanes) is 5. The number of fused-ring (bicyclic) bond motifs is 1. The highest BCUT2D eigenvalue weighted by atomic mass is 16.5. The van der Waals surface area contributed by atoms with Crippen LogP contribution in [-0.4, -0.2) is 48.2 Å². The van der Waals surface area contributed by atoms with E-state index >= 15 is 0 Å². The van der Waals surface area contributed by atoms with E-state index < -0.39 is 0 Å². The largest absolute Gasteiger partial charge is 0.492 e. The molecular formula is C32H38N4O3. The standard InChI is InChI=1S/C32H38N4O3/c1-36(32-28-14-9-10-15-29(28)34-31(35-32)26-13-11-21-33-24-26)22-23-39-27-19-17-25(18-20-27)12-7-5-3-4-6-8-16-30(37)38-2/h9-11,13-15,17-21,24H,3-8,12,16,22-23H2,1-2H3. The van der Waals surface area contributed by atoms with Crippen molar-refractivity contribution in [3.8, 4) is 17.1 Å². The lowest BCUT2D eigenvalue weighted by Crippen LogP contribution is -2.25. The molecular weight excluding hydrogens is 488 g/mol. The van der Waals surface area contributed by atoms with Gasteiger partial charge in [0.25, 0.3) is 0 Å². The Morgan fingerprint density at radius 1 is 0.872 bits per heavy atom. The van der Waals surface area contributed by atoms with Gasteiger partial charge in [0.15, 0.2) is 5.82 Å². The topological polar surface area (TPSA) is 77.4 Å². The lowest BCUT2D eigenvalue weighted by molar-refractivity contribution is -0.140. The number of nitrogens with zero attached hydrogens (tertiary/aromatic N) is 4. The highest BCUT2D eigenvalue weighted by molar-refractivity contribution is 5.90. The Labute approximate surface area is 231 Å². The second-order valence-corrected chi connectivity index (χ2v) is 9.74. The average Bonchev–Trinajstić information content (AvgIpc) is 2.98. The molecule has 4 aromatic rings. The lowest BCUT2D eigenvalue weighted by Gasteiger charge is -2.21. The summed E-state index contributed by atoms with van der Waals surface area (Å²) in [5.41, 5.74) is 3.13. The number of rotatable bonds is 15. The van der Waals surface area contributed by atoms with Crippen LogP contribution in [0.25, 0.3) is 22.3 Å². The van der Waals surface area contributed by atoms with Crippen molar-refractivity contribution in [2.24, 2.45) is 0 Å². The van der Waals surface area contributed by atoms with Gasteiger partial charge in [-0.25, -0.2) is 9.97 Å². The van der Waals surface area contributed by atoms with Crippen molar-refractivity contribution in [3.05, 3.63) is 78.6 Å². The number of para-hydroxylation sites is 1. The zero-order valence-corrected chi connectivity index (χ0v) is 23.0. The Morgan fingerprint density at radius 3 is 2.41 bits per heavy atom. The van der Waals surface area contributed by atoms with Gasteiger partial charge in [-0.1, -0.05) is 49.9 Å². The van der Waals surface area contributed by atoms with Gasteiger partial charge in [-0.3, -0.25) is 9.78 Å². The van der Waals surface area contributed by atoms with E-state index in [4.69, 9.17) is 14.7 Å². The molecule has 0 aliphatic rings. The number of aryl methyl sites for hydroxylation is 1. The molecule has 0 radical (unpaired) electrons. The minimum atomic E-state index is -0.107. The van der Waals surface area contributed by atoms with Crippen LogP contribution in [0.3, 0.4) is 0 Å². The third kappa shape index (κ3) is 8.50. The van der Waals surface area contributed by atoms with Gasteiger partial charge in [0.2, 0.25) is 0 Å². The van der Waals surface area contributed by atoms with Crippen molar-refractivity contribution in [3.63, 3.8) is 0 Å². The van der Waals surface area contributed by atoms with Crippen LogP contribution < -0.4 is 9.64 Å². The fraction of sp³-hybridized carbons (Fsp3) is 0.375. The number of aromatic nitrogens is 3. The van der Waals surface area contributed by atoms with Crippen LogP contribution in [0.5, 0.6) is 5.75 Å². The molecule has 39 heavy (non-hydrogen) atoms. The molecule has 0 atom stereocenters. The first-order chi connectivity index (χ1) is 19.1. The molecule has 0 bridgehead atoms. The second kappa shape index (κ2) is 14.8. The molecule has 0 N–H and O–H groups in total. The second-order valence-electron chi connectivity index (χ2n) is 9.74. The molecule has 0 saturated carbocycles. The zero-order valence-electron chi connectivity index (χ0n) is 23.0. The highest BCUT2D eigenvalue weighted by Crippen LogP contribution is 2.26.